The lowest BCUT2D eigenvalue weighted by atomic mass is 10.2. The number of anilines is 1. The Morgan fingerprint density at radius 3 is 3.07 bits per heavy atom. The van der Waals surface area contributed by atoms with E-state index >= 15 is 0 Å². The van der Waals surface area contributed by atoms with Crippen molar-refractivity contribution >= 4 is 5.82 Å². The van der Waals surface area contributed by atoms with Crippen LogP contribution in [-0.4, -0.2) is 29.3 Å². The van der Waals surface area contributed by atoms with Gasteiger partial charge < -0.3 is 10.6 Å². The minimum atomic E-state index is 0.544. The van der Waals surface area contributed by atoms with Crippen LogP contribution < -0.4 is 10.6 Å². The van der Waals surface area contributed by atoms with Crippen molar-refractivity contribution in [3.63, 3.8) is 0 Å². The van der Waals surface area contributed by atoms with Crippen LogP contribution in [0, 0.1) is 6.92 Å². The van der Waals surface area contributed by atoms with E-state index in [2.05, 4.69) is 34.7 Å². The van der Waals surface area contributed by atoms with Gasteiger partial charge in [-0.25, -0.2) is 0 Å². The second kappa shape index (κ2) is 4.00. The van der Waals surface area contributed by atoms with Crippen LogP contribution in [0.3, 0.4) is 0 Å². The monoisotopic (exact) mass is 194 g/mol. The topological polar surface area (TPSA) is 52.7 Å². The van der Waals surface area contributed by atoms with Crippen molar-refractivity contribution in [3.8, 4) is 0 Å². The first-order valence-electron chi connectivity index (χ1n) is 5.32. The van der Waals surface area contributed by atoms with E-state index < -0.39 is 0 Å². The van der Waals surface area contributed by atoms with Crippen LogP contribution in [0.5, 0.6) is 0 Å². The van der Waals surface area contributed by atoms with Gasteiger partial charge in [0.05, 0.1) is 0 Å². The molecule has 0 bridgehead atoms. The van der Waals surface area contributed by atoms with Crippen molar-refractivity contribution in [1.82, 2.24) is 15.5 Å². The van der Waals surface area contributed by atoms with E-state index in [1.807, 2.05) is 0 Å². The van der Waals surface area contributed by atoms with Crippen LogP contribution in [-0.2, 0) is 6.42 Å². The standard InChI is InChI=1S/C10H18N4/c1-3-9-7(2)13-14-10(9)12-8-4-5-11-6-8/h8,11H,3-6H2,1-2H3,(H2,12,13,14). The lowest BCUT2D eigenvalue weighted by molar-refractivity contribution is 0.784. The fraction of sp³-hybridized carbons (Fsp3) is 0.700. The Bertz CT molecular complexity index is 299. The number of nitrogens with one attached hydrogen (secondary N) is 3. The Morgan fingerprint density at radius 1 is 1.57 bits per heavy atom. The summed E-state index contributed by atoms with van der Waals surface area (Å²) in [7, 11) is 0. The van der Waals surface area contributed by atoms with E-state index in [1.54, 1.807) is 0 Å². The van der Waals surface area contributed by atoms with E-state index in [9.17, 15) is 0 Å². The highest BCUT2D eigenvalue weighted by molar-refractivity contribution is 5.47. The van der Waals surface area contributed by atoms with Gasteiger partial charge in [-0.05, 0) is 26.3 Å². The van der Waals surface area contributed by atoms with E-state index in [0.717, 1.165) is 25.3 Å². The molecule has 78 valence electrons. The molecule has 1 aliphatic heterocycles. The molecule has 0 spiro atoms. The van der Waals surface area contributed by atoms with Crippen LogP contribution in [0.2, 0.25) is 0 Å². The van der Waals surface area contributed by atoms with Gasteiger partial charge in [0.15, 0.2) is 5.82 Å². The first-order valence-corrected chi connectivity index (χ1v) is 5.32. The number of nitrogens with zero attached hydrogens (tertiary/aromatic N) is 1. The average Bonchev–Trinajstić information content (AvgIpc) is 2.77. The number of hydrogen-bond donors (Lipinski definition) is 3. The highest BCUT2D eigenvalue weighted by Crippen LogP contribution is 2.18. The van der Waals surface area contributed by atoms with E-state index in [0.29, 0.717) is 6.04 Å². The summed E-state index contributed by atoms with van der Waals surface area (Å²) in [6, 6.07) is 0.544. The zero-order valence-corrected chi connectivity index (χ0v) is 8.85. The summed E-state index contributed by atoms with van der Waals surface area (Å²) in [4.78, 5) is 0. The molecule has 14 heavy (non-hydrogen) atoms. The maximum atomic E-state index is 4.29. The number of hydrogen-bond acceptors (Lipinski definition) is 3. The Hall–Kier alpha value is -1.03. The molecule has 1 fully saturated rings. The molecule has 0 radical (unpaired) electrons. The van der Waals surface area contributed by atoms with Crippen molar-refractivity contribution in [2.45, 2.75) is 32.7 Å². The number of H-pyrrole nitrogens is 1. The van der Waals surface area contributed by atoms with Gasteiger partial charge in [0.2, 0.25) is 0 Å². The maximum Gasteiger partial charge on any atom is 0.151 e. The van der Waals surface area contributed by atoms with Gasteiger partial charge >= 0.3 is 0 Å². The Morgan fingerprint density at radius 2 is 2.43 bits per heavy atom. The van der Waals surface area contributed by atoms with Crippen molar-refractivity contribution in [2.75, 3.05) is 18.4 Å². The van der Waals surface area contributed by atoms with Gasteiger partial charge in [0, 0.05) is 23.8 Å². The molecule has 4 heteroatoms. The summed E-state index contributed by atoms with van der Waals surface area (Å²) in [6.07, 6.45) is 2.22. The van der Waals surface area contributed by atoms with E-state index in [4.69, 9.17) is 0 Å². The van der Waals surface area contributed by atoms with Gasteiger partial charge in [-0.2, -0.15) is 5.10 Å². The Labute approximate surface area is 84.5 Å². The zero-order chi connectivity index (χ0) is 9.97. The van der Waals surface area contributed by atoms with Crippen molar-refractivity contribution < 1.29 is 0 Å². The smallest absolute Gasteiger partial charge is 0.151 e. The molecule has 1 aliphatic rings. The number of aromatic nitrogens is 2. The third-order valence-electron chi connectivity index (χ3n) is 2.83. The lowest BCUT2D eigenvalue weighted by Crippen LogP contribution is -2.22. The second-order valence-electron chi connectivity index (χ2n) is 3.86. The second-order valence-corrected chi connectivity index (χ2v) is 3.86. The lowest BCUT2D eigenvalue weighted by Gasteiger charge is -2.11. The third kappa shape index (κ3) is 1.75. The first kappa shape index (κ1) is 9.52. The van der Waals surface area contributed by atoms with Gasteiger partial charge in [-0.3, -0.25) is 5.10 Å². The van der Waals surface area contributed by atoms with Crippen molar-refractivity contribution in [1.29, 1.82) is 0 Å². The molecule has 4 nitrogen and oxygen atoms in total. The summed E-state index contributed by atoms with van der Waals surface area (Å²) in [6.45, 7) is 6.40. The van der Waals surface area contributed by atoms with E-state index in [1.165, 1.54) is 17.7 Å². The molecular formula is C10H18N4. The quantitative estimate of drug-likeness (QED) is 0.674. The first-order chi connectivity index (χ1) is 6.81. The highest BCUT2D eigenvalue weighted by Gasteiger charge is 2.17. The molecule has 1 saturated heterocycles. The molecule has 0 saturated carbocycles. The predicted octanol–water partition coefficient (Wildman–Crippen LogP) is 1.05. The van der Waals surface area contributed by atoms with Crippen molar-refractivity contribution in [3.05, 3.63) is 11.3 Å². The van der Waals surface area contributed by atoms with Crippen LogP contribution in [0.25, 0.3) is 0 Å². The summed E-state index contributed by atoms with van der Waals surface area (Å²) >= 11 is 0. The van der Waals surface area contributed by atoms with Crippen LogP contribution in [0.4, 0.5) is 5.82 Å². The average molecular weight is 194 g/mol. The molecule has 0 aromatic carbocycles. The molecule has 1 unspecified atom stereocenters. The maximum absolute atomic E-state index is 4.29. The largest absolute Gasteiger partial charge is 0.364 e. The Kier molecular flexibility index (Phi) is 2.72. The normalized spacial score (nSPS) is 21.4. The minimum absolute atomic E-state index is 0.544. The molecule has 0 amide bonds. The summed E-state index contributed by atoms with van der Waals surface area (Å²) in [5, 5.41) is 14.1. The number of rotatable bonds is 3. The molecule has 1 aromatic heterocycles. The molecule has 2 rings (SSSR count). The SMILES string of the molecule is CCc1c(NC2CCNC2)n[nH]c1C. The Balaban J connectivity index is 2.07. The fourth-order valence-corrected chi connectivity index (χ4v) is 1.98. The highest BCUT2D eigenvalue weighted by atomic mass is 15.2. The van der Waals surface area contributed by atoms with Gasteiger partial charge in [0.25, 0.3) is 0 Å². The minimum Gasteiger partial charge on any atom is -0.364 e. The van der Waals surface area contributed by atoms with Gasteiger partial charge in [-0.15, -0.1) is 0 Å². The zero-order valence-electron chi connectivity index (χ0n) is 8.85. The molecule has 1 atom stereocenters. The summed E-state index contributed by atoms with van der Waals surface area (Å²) in [5.74, 6) is 1.04. The fourth-order valence-electron chi connectivity index (χ4n) is 1.98. The number of aromatic amines is 1. The molecule has 3 N–H and O–H groups in total. The molecule has 1 aromatic rings. The molecular weight excluding hydrogens is 176 g/mol. The third-order valence-corrected chi connectivity index (χ3v) is 2.83. The summed E-state index contributed by atoms with van der Waals surface area (Å²) in [5.41, 5.74) is 2.50. The van der Waals surface area contributed by atoms with E-state index in [-0.39, 0.29) is 0 Å². The summed E-state index contributed by atoms with van der Waals surface area (Å²) < 4.78 is 0. The van der Waals surface area contributed by atoms with Crippen molar-refractivity contribution in [2.24, 2.45) is 0 Å². The van der Waals surface area contributed by atoms with Crippen LogP contribution in [0.15, 0.2) is 0 Å². The van der Waals surface area contributed by atoms with Gasteiger partial charge in [0.1, 0.15) is 0 Å². The van der Waals surface area contributed by atoms with Crippen LogP contribution >= 0.6 is 0 Å². The molecule has 0 aliphatic carbocycles. The van der Waals surface area contributed by atoms with Gasteiger partial charge in [-0.1, -0.05) is 6.92 Å². The van der Waals surface area contributed by atoms with Crippen LogP contribution in [0.1, 0.15) is 24.6 Å². The molecule has 2 heterocycles. The predicted molar refractivity (Wildman–Crippen MR) is 57.6 cm³/mol. The number of aryl methyl sites for hydroxylation is 1.